The molecule has 1 saturated heterocycles. The van der Waals surface area contributed by atoms with E-state index in [0.717, 1.165) is 18.5 Å². The molecule has 1 fully saturated rings. The van der Waals surface area contributed by atoms with Crippen molar-refractivity contribution in [2.75, 3.05) is 6.54 Å². The molecule has 1 aliphatic heterocycles. The van der Waals surface area contributed by atoms with Crippen molar-refractivity contribution < 1.29 is 14.3 Å². The van der Waals surface area contributed by atoms with Gasteiger partial charge in [0.1, 0.15) is 10.6 Å². The topological polar surface area (TPSA) is 63.7 Å². The molecule has 7 heteroatoms. The maximum Gasteiger partial charge on any atom is 0.276 e. The van der Waals surface area contributed by atoms with E-state index in [9.17, 15) is 4.79 Å². The van der Waals surface area contributed by atoms with Crippen LogP contribution in [0.4, 0.5) is 0 Å². The summed E-state index contributed by atoms with van der Waals surface area (Å²) in [5, 5.41) is 3.35. The maximum atomic E-state index is 12.2. The van der Waals surface area contributed by atoms with Crippen LogP contribution in [-0.4, -0.2) is 40.4 Å². The first-order valence-electron chi connectivity index (χ1n) is 9.68. The van der Waals surface area contributed by atoms with Gasteiger partial charge in [-0.2, -0.15) is 0 Å². The highest BCUT2D eigenvalue weighted by Gasteiger charge is 2.44. The van der Waals surface area contributed by atoms with E-state index in [1.807, 2.05) is 13.8 Å². The van der Waals surface area contributed by atoms with Crippen LogP contribution in [0.2, 0.25) is 0 Å². The molecule has 1 aromatic heterocycles. The average molecular weight is 396 g/mol. The molecule has 1 aromatic rings. The molecule has 1 aliphatic rings. The highest BCUT2D eigenvalue weighted by atomic mass is 32.1. The Morgan fingerprint density at radius 1 is 1.41 bits per heavy atom. The molecule has 0 aliphatic carbocycles. The number of hydrogen-bond acceptors (Lipinski definition) is 6. The van der Waals surface area contributed by atoms with Crippen LogP contribution in [0.1, 0.15) is 70.5 Å². The van der Waals surface area contributed by atoms with Crippen molar-refractivity contribution in [3.63, 3.8) is 0 Å². The summed E-state index contributed by atoms with van der Waals surface area (Å²) in [5.41, 5.74) is 0.268. The first kappa shape index (κ1) is 21.7. The lowest BCUT2D eigenvalue weighted by Crippen LogP contribution is -2.42. The molecule has 0 bridgehead atoms. The van der Waals surface area contributed by atoms with E-state index in [1.54, 1.807) is 6.20 Å². The number of carbonyl (C=O) groups excluding carboxylic acids is 1. The number of unbranched alkanes of at least 4 members (excludes halogenated alkanes) is 1. The van der Waals surface area contributed by atoms with Crippen LogP contribution in [0.3, 0.4) is 0 Å². The molecule has 6 nitrogen and oxygen atoms in total. The minimum atomic E-state index is -0.597. The normalized spacial score (nSPS) is 19.2. The van der Waals surface area contributed by atoms with Crippen molar-refractivity contribution in [1.29, 1.82) is 0 Å². The number of hydrogen-bond donors (Lipinski definition) is 1. The molecule has 0 radical (unpaired) electrons. The van der Waals surface area contributed by atoms with Crippen molar-refractivity contribution in [2.24, 2.45) is 5.92 Å². The number of rotatable bonds is 9. The highest BCUT2D eigenvalue weighted by Crippen LogP contribution is 2.37. The van der Waals surface area contributed by atoms with E-state index in [2.05, 4.69) is 49.5 Å². The summed E-state index contributed by atoms with van der Waals surface area (Å²) in [6.45, 7) is 17.4. The zero-order valence-corrected chi connectivity index (χ0v) is 18.2. The van der Waals surface area contributed by atoms with Gasteiger partial charge in [0.05, 0.1) is 11.9 Å². The average Bonchev–Trinajstić information content (AvgIpc) is 3.09. The van der Waals surface area contributed by atoms with Gasteiger partial charge >= 0.3 is 0 Å². The fourth-order valence-electron chi connectivity index (χ4n) is 3.37. The third-order valence-corrected chi connectivity index (χ3v) is 5.37. The van der Waals surface area contributed by atoms with Crippen molar-refractivity contribution in [1.82, 2.24) is 15.2 Å². The summed E-state index contributed by atoms with van der Waals surface area (Å²) in [6.07, 6.45) is 4.25. The molecule has 2 heterocycles. The van der Waals surface area contributed by atoms with Gasteiger partial charge in [-0.15, -0.1) is 0 Å². The summed E-state index contributed by atoms with van der Waals surface area (Å²) in [6, 6.07) is 0.245. The summed E-state index contributed by atoms with van der Waals surface area (Å²) in [5.74, 6) is 0.591. The van der Waals surface area contributed by atoms with E-state index in [1.165, 1.54) is 17.8 Å². The Morgan fingerprint density at radius 2 is 2.11 bits per heavy atom. The Morgan fingerprint density at radius 3 is 2.70 bits per heavy atom. The molecule has 2 rings (SSSR count). The monoisotopic (exact) mass is 395 g/mol. The number of ether oxygens (including phenoxy) is 2. The van der Waals surface area contributed by atoms with E-state index in [0.29, 0.717) is 22.5 Å². The molecule has 0 saturated carbocycles. The Labute approximate surface area is 166 Å². The smallest absolute Gasteiger partial charge is 0.276 e. The van der Waals surface area contributed by atoms with Crippen molar-refractivity contribution in [3.8, 4) is 5.19 Å². The fourth-order valence-corrected chi connectivity index (χ4v) is 4.07. The zero-order chi connectivity index (χ0) is 20.2. The molecule has 152 valence electrons. The van der Waals surface area contributed by atoms with Gasteiger partial charge < -0.3 is 19.7 Å². The summed E-state index contributed by atoms with van der Waals surface area (Å²) >= 11 is 1.22. The minimum Gasteiger partial charge on any atom is -0.434 e. The number of thiazole rings is 1. The maximum absolute atomic E-state index is 12.2. The van der Waals surface area contributed by atoms with Gasteiger partial charge in [0, 0.05) is 12.6 Å². The number of aromatic nitrogens is 1. The SMILES string of the molecule is C=C1C(Oc2ncc(C(=O)NCCCCC(C)C)s2)OC(C)(C)N1C(C)C. The van der Waals surface area contributed by atoms with E-state index in [-0.39, 0.29) is 11.9 Å². The standard InChI is InChI=1S/C20H33N3O3S/c1-13(2)10-8-9-11-21-17(24)16-12-22-19(27-16)25-18-15(5)23(14(3)4)20(6,7)26-18/h12-14,18H,5,8-11H2,1-4,6-7H3,(H,21,24). The number of amides is 1. The predicted octanol–water partition coefficient (Wildman–Crippen LogP) is 4.39. The quantitative estimate of drug-likeness (QED) is 0.628. The summed E-state index contributed by atoms with van der Waals surface area (Å²) in [4.78, 5) is 19.1. The van der Waals surface area contributed by atoms with Crippen LogP contribution in [0.15, 0.2) is 18.5 Å². The summed E-state index contributed by atoms with van der Waals surface area (Å²) < 4.78 is 11.9. The van der Waals surface area contributed by atoms with Gasteiger partial charge in [-0.3, -0.25) is 4.79 Å². The van der Waals surface area contributed by atoms with Crippen LogP contribution in [0.25, 0.3) is 0 Å². The van der Waals surface area contributed by atoms with Crippen molar-refractivity contribution >= 4 is 17.2 Å². The second-order valence-electron chi connectivity index (χ2n) is 8.11. The van der Waals surface area contributed by atoms with Crippen molar-refractivity contribution in [3.05, 3.63) is 23.3 Å². The molecule has 1 unspecified atom stereocenters. The number of carbonyl (C=O) groups is 1. The first-order chi connectivity index (χ1) is 12.6. The van der Waals surface area contributed by atoms with Gasteiger partial charge in [0.2, 0.25) is 6.29 Å². The minimum absolute atomic E-state index is 0.109. The Hall–Kier alpha value is -1.60. The zero-order valence-electron chi connectivity index (χ0n) is 17.4. The molecule has 1 N–H and O–H groups in total. The van der Waals surface area contributed by atoms with Gasteiger partial charge in [-0.1, -0.05) is 44.6 Å². The Balaban J connectivity index is 1.87. The second kappa shape index (κ2) is 9.06. The lowest BCUT2D eigenvalue weighted by atomic mass is 10.1. The molecule has 27 heavy (non-hydrogen) atoms. The van der Waals surface area contributed by atoms with Crippen molar-refractivity contribution in [2.45, 2.75) is 78.9 Å². The van der Waals surface area contributed by atoms with Crippen LogP contribution in [0.5, 0.6) is 5.19 Å². The largest absolute Gasteiger partial charge is 0.434 e. The van der Waals surface area contributed by atoms with E-state index >= 15 is 0 Å². The van der Waals surface area contributed by atoms with E-state index in [4.69, 9.17) is 9.47 Å². The molecule has 0 spiro atoms. The summed E-state index contributed by atoms with van der Waals surface area (Å²) in [7, 11) is 0. The van der Waals surface area contributed by atoms with Gasteiger partial charge in [0.15, 0.2) is 0 Å². The third kappa shape index (κ3) is 5.69. The Bertz CT molecular complexity index is 655. The van der Waals surface area contributed by atoms with Crippen LogP contribution in [-0.2, 0) is 4.74 Å². The predicted molar refractivity (Wildman–Crippen MR) is 109 cm³/mol. The first-order valence-corrected chi connectivity index (χ1v) is 10.5. The second-order valence-corrected chi connectivity index (χ2v) is 9.10. The highest BCUT2D eigenvalue weighted by molar-refractivity contribution is 7.15. The molecular formula is C20H33N3O3S. The van der Waals surface area contributed by atoms with Gasteiger partial charge in [-0.25, -0.2) is 4.98 Å². The number of nitrogens with zero attached hydrogens (tertiary/aromatic N) is 2. The van der Waals surface area contributed by atoms with Gasteiger partial charge in [0.25, 0.3) is 11.1 Å². The molecule has 1 amide bonds. The molecule has 1 atom stereocenters. The van der Waals surface area contributed by atoms with Gasteiger partial charge in [-0.05, 0) is 40.0 Å². The number of nitrogens with one attached hydrogen (secondary N) is 1. The van der Waals surface area contributed by atoms with E-state index < -0.39 is 12.0 Å². The Kier molecular flexibility index (Phi) is 7.28. The van der Waals surface area contributed by atoms with Crippen LogP contribution in [0, 0.1) is 5.92 Å². The van der Waals surface area contributed by atoms with Crippen LogP contribution < -0.4 is 10.1 Å². The molecule has 0 aromatic carbocycles. The lowest BCUT2D eigenvalue weighted by molar-refractivity contribution is -0.134. The fraction of sp³-hybridized carbons (Fsp3) is 0.700. The third-order valence-electron chi connectivity index (χ3n) is 4.48. The molecular weight excluding hydrogens is 362 g/mol. The van der Waals surface area contributed by atoms with Crippen LogP contribution >= 0.6 is 11.3 Å². The lowest BCUT2D eigenvalue weighted by Gasteiger charge is -2.34.